The summed E-state index contributed by atoms with van der Waals surface area (Å²) in [4.78, 5) is 10.6. The van der Waals surface area contributed by atoms with Crippen molar-refractivity contribution < 1.29 is 9.66 Å². The molecule has 2 aliphatic heterocycles. The summed E-state index contributed by atoms with van der Waals surface area (Å²) in [6.07, 6.45) is 6.45. The van der Waals surface area contributed by atoms with Crippen LogP contribution >= 0.6 is 0 Å². The highest BCUT2D eigenvalue weighted by Gasteiger charge is 2.40. The number of unbranched alkanes of at least 4 members (excludes halogenated alkanes) is 3. The molecule has 2 aromatic rings. The number of hydrogen-bond acceptors (Lipinski definition) is 5. The SMILES string of the molecule is CCCCCCC1=NN2C(C1)c1ccccc1OC2c1ccc([N+](=O)[O-])cc1. The molecular formula is C22H25N3O3. The van der Waals surface area contributed by atoms with Gasteiger partial charge in [-0.25, -0.2) is 5.01 Å². The molecule has 0 fully saturated rings. The fourth-order valence-electron chi connectivity index (χ4n) is 3.99. The van der Waals surface area contributed by atoms with Gasteiger partial charge in [0.05, 0.1) is 11.0 Å². The van der Waals surface area contributed by atoms with Crippen LogP contribution in [-0.2, 0) is 0 Å². The van der Waals surface area contributed by atoms with Crippen molar-refractivity contribution in [3.8, 4) is 5.75 Å². The molecule has 0 radical (unpaired) electrons. The lowest BCUT2D eigenvalue weighted by molar-refractivity contribution is -0.384. The summed E-state index contributed by atoms with van der Waals surface area (Å²) in [5.74, 6) is 0.870. The highest BCUT2D eigenvalue weighted by Crippen LogP contribution is 2.47. The Hall–Kier alpha value is -2.89. The van der Waals surface area contributed by atoms with Gasteiger partial charge in [0.2, 0.25) is 6.23 Å². The molecule has 2 aliphatic rings. The first-order valence-electron chi connectivity index (χ1n) is 10.0. The molecule has 2 atom stereocenters. The molecule has 0 bridgehead atoms. The van der Waals surface area contributed by atoms with Gasteiger partial charge in [-0.05, 0) is 31.0 Å². The van der Waals surface area contributed by atoms with Crippen LogP contribution in [0.1, 0.15) is 68.8 Å². The summed E-state index contributed by atoms with van der Waals surface area (Å²) in [7, 11) is 0. The van der Waals surface area contributed by atoms with E-state index < -0.39 is 0 Å². The number of nitrogens with zero attached hydrogens (tertiary/aromatic N) is 3. The molecule has 0 amide bonds. The quantitative estimate of drug-likeness (QED) is 0.348. The largest absolute Gasteiger partial charge is 0.464 e. The fraction of sp³-hybridized carbons (Fsp3) is 0.409. The molecule has 2 aromatic carbocycles. The minimum Gasteiger partial charge on any atom is -0.464 e. The average molecular weight is 379 g/mol. The molecule has 0 aliphatic carbocycles. The van der Waals surface area contributed by atoms with Gasteiger partial charge in [0.15, 0.2) is 0 Å². The molecule has 2 unspecified atom stereocenters. The Bertz CT molecular complexity index is 879. The van der Waals surface area contributed by atoms with Crippen LogP contribution in [0.4, 0.5) is 5.69 Å². The second-order valence-corrected chi connectivity index (χ2v) is 7.43. The van der Waals surface area contributed by atoms with E-state index in [1.54, 1.807) is 12.1 Å². The van der Waals surface area contributed by atoms with Gasteiger partial charge >= 0.3 is 0 Å². The standard InChI is InChI=1S/C22H25N3O3/c1-2-3-4-5-8-17-15-20-19-9-6-7-10-21(19)28-22(24(20)23-17)16-11-13-18(14-12-16)25(26)27/h6-7,9-14,20,22H,2-5,8,15H2,1H3. The number of nitro groups is 1. The number of hydrogen-bond donors (Lipinski definition) is 0. The van der Waals surface area contributed by atoms with E-state index in [4.69, 9.17) is 9.84 Å². The van der Waals surface area contributed by atoms with E-state index in [0.717, 1.165) is 36.1 Å². The second-order valence-electron chi connectivity index (χ2n) is 7.43. The molecule has 28 heavy (non-hydrogen) atoms. The monoisotopic (exact) mass is 379 g/mol. The first-order chi connectivity index (χ1) is 13.7. The summed E-state index contributed by atoms with van der Waals surface area (Å²) < 4.78 is 6.27. The summed E-state index contributed by atoms with van der Waals surface area (Å²) in [6.45, 7) is 2.22. The van der Waals surface area contributed by atoms with Crippen molar-refractivity contribution in [3.05, 3.63) is 69.8 Å². The van der Waals surface area contributed by atoms with Crippen LogP contribution in [0.15, 0.2) is 53.6 Å². The molecule has 0 saturated heterocycles. The van der Waals surface area contributed by atoms with Crippen molar-refractivity contribution in [3.63, 3.8) is 0 Å². The smallest absolute Gasteiger partial charge is 0.269 e. The third kappa shape index (κ3) is 3.59. The van der Waals surface area contributed by atoms with Crippen molar-refractivity contribution in [1.82, 2.24) is 5.01 Å². The van der Waals surface area contributed by atoms with Crippen molar-refractivity contribution in [2.45, 2.75) is 57.7 Å². The number of hydrazone groups is 1. The Balaban J connectivity index is 1.60. The third-order valence-corrected chi connectivity index (χ3v) is 5.47. The Morgan fingerprint density at radius 2 is 1.93 bits per heavy atom. The molecule has 0 N–H and O–H groups in total. The second kappa shape index (κ2) is 8.00. The normalized spacial score (nSPS) is 20.2. The minimum atomic E-state index is -0.383. The summed E-state index contributed by atoms with van der Waals surface area (Å²) in [5.41, 5.74) is 3.33. The minimum absolute atomic E-state index is 0.0815. The van der Waals surface area contributed by atoms with E-state index in [1.165, 1.54) is 37.1 Å². The Labute approximate surface area is 165 Å². The molecule has 0 spiro atoms. The predicted octanol–water partition coefficient (Wildman–Crippen LogP) is 5.76. The van der Waals surface area contributed by atoms with Crippen LogP contribution in [0.5, 0.6) is 5.75 Å². The van der Waals surface area contributed by atoms with E-state index in [1.807, 2.05) is 23.2 Å². The number of rotatable bonds is 7. The lowest BCUT2D eigenvalue weighted by atomic mass is 9.96. The van der Waals surface area contributed by atoms with Crippen molar-refractivity contribution in [2.75, 3.05) is 0 Å². The van der Waals surface area contributed by atoms with Crippen molar-refractivity contribution in [2.24, 2.45) is 5.10 Å². The molecule has 146 valence electrons. The van der Waals surface area contributed by atoms with Crippen LogP contribution in [-0.4, -0.2) is 15.6 Å². The zero-order valence-electron chi connectivity index (χ0n) is 16.1. The first kappa shape index (κ1) is 18.5. The van der Waals surface area contributed by atoms with Gasteiger partial charge in [-0.1, -0.05) is 44.4 Å². The summed E-state index contributed by atoms with van der Waals surface area (Å²) in [6, 6.07) is 14.9. The van der Waals surface area contributed by atoms with Crippen molar-refractivity contribution in [1.29, 1.82) is 0 Å². The Morgan fingerprint density at radius 3 is 2.68 bits per heavy atom. The Morgan fingerprint density at radius 1 is 1.14 bits per heavy atom. The fourth-order valence-corrected chi connectivity index (χ4v) is 3.99. The van der Waals surface area contributed by atoms with Gasteiger partial charge < -0.3 is 4.74 Å². The van der Waals surface area contributed by atoms with E-state index in [9.17, 15) is 10.1 Å². The molecule has 0 aromatic heterocycles. The maximum absolute atomic E-state index is 11.0. The van der Waals surface area contributed by atoms with Gasteiger partial charge in [0.25, 0.3) is 5.69 Å². The molecule has 6 heteroatoms. The van der Waals surface area contributed by atoms with Crippen LogP contribution in [0.3, 0.4) is 0 Å². The molecular weight excluding hydrogens is 354 g/mol. The molecule has 0 saturated carbocycles. The maximum atomic E-state index is 11.0. The predicted molar refractivity (Wildman–Crippen MR) is 108 cm³/mol. The van der Waals surface area contributed by atoms with Gasteiger partial charge in [-0.2, -0.15) is 5.10 Å². The summed E-state index contributed by atoms with van der Waals surface area (Å²) >= 11 is 0. The lowest BCUT2D eigenvalue weighted by Crippen LogP contribution is -2.33. The molecule has 4 rings (SSSR count). The van der Waals surface area contributed by atoms with Gasteiger partial charge in [-0.3, -0.25) is 10.1 Å². The highest BCUT2D eigenvalue weighted by molar-refractivity contribution is 5.86. The number of fused-ring (bicyclic) bond motifs is 3. The number of para-hydroxylation sites is 1. The Kier molecular flexibility index (Phi) is 5.28. The van der Waals surface area contributed by atoms with E-state index in [0.29, 0.717) is 0 Å². The van der Waals surface area contributed by atoms with E-state index >= 15 is 0 Å². The molecule has 6 nitrogen and oxygen atoms in total. The van der Waals surface area contributed by atoms with Gasteiger partial charge in [-0.15, -0.1) is 0 Å². The van der Waals surface area contributed by atoms with Crippen molar-refractivity contribution >= 4 is 11.4 Å². The number of ether oxygens (including phenoxy) is 1. The number of benzene rings is 2. The van der Waals surface area contributed by atoms with E-state index in [2.05, 4.69) is 13.0 Å². The zero-order valence-corrected chi connectivity index (χ0v) is 16.1. The number of non-ortho nitro benzene ring substituents is 1. The highest BCUT2D eigenvalue weighted by atomic mass is 16.6. The topological polar surface area (TPSA) is 68.0 Å². The molecule has 2 heterocycles. The van der Waals surface area contributed by atoms with Gasteiger partial charge in [0.1, 0.15) is 5.75 Å². The van der Waals surface area contributed by atoms with Gasteiger partial charge in [0, 0.05) is 35.4 Å². The van der Waals surface area contributed by atoms with E-state index in [-0.39, 0.29) is 22.9 Å². The summed E-state index contributed by atoms with van der Waals surface area (Å²) in [5, 5.41) is 17.9. The van der Waals surface area contributed by atoms with Crippen LogP contribution in [0.2, 0.25) is 0 Å². The number of nitro benzene ring substituents is 1. The van der Waals surface area contributed by atoms with Crippen LogP contribution < -0.4 is 4.74 Å². The van der Waals surface area contributed by atoms with Crippen LogP contribution in [0, 0.1) is 10.1 Å². The lowest BCUT2D eigenvalue weighted by Gasteiger charge is -2.38. The average Bonchev–Trinajstić information content (AvgIpc) is 3.15. The zero-order chi connectivity index (χ0) is 19.5. The third-order valence-electron chi connectivity index (χ3n) is 5.47. The first-order valence-corrected chi connectivity index (χ1v) is 10.0. The van der Waals surface area contributed by atoms with Crippen LogP contribution in [0.25, 0.3) is 0 Å². The maximum Gasteiger partial charge on any atom is 0.269 e.